The van der Waals surface area contributed by atoms with E-state index in [-0.39, 0.29) is 5.91 Å². The molecule has 0 aromatic heterocycles. The van der Waals surface area contributed by atoms with Crippen LogP contribution in [0.25, 0.3) is 0 Å². The molecule has 0 radical (unpaired) electrons. The van der Waals surface area contributed by atoms with E-state index in [1.54, 1.807) is 0 Å². The molecule has 1 aliphatic carbocycles. The molecule has 4 heteroatoms. The molecule has 2 rings (SSSR count). The van der Waals surface area contributed by atoms with Gasteiger partial charge >= 0.3 is 0 Å². The fraction of sp³-hybridized carbons (Fsp3) is 0.933. The van der Waals surface area contributed by atoms with Crippen molar-refractivity contribution in [2.75, 3.05) is 32.8 Å². The molecular formula is C15H28N2O2. The van der Waals surface area contributed by atoms with Crippen LogP contribution in [0.4, 0.5) is 0 Å². The maximum atomic E-state index is 12.0. The van der Waals surface area contributed by atoms with Gasteiger partial charge < -0.3 is 15.0 Å². The molecule has 1 amide bonds. The summed E-state index contributed by atoms with van der Waals surface area (Å²) in [5.41, 5.74) is 0. The van der Waals surface area contributed by atoms with Crippen LogP contribution in [0.2, 0.25) is 0 Å². The SMILES string of the molecule is O=C(CCNC1CCCCCCC1)N1CCOCC1. The highest BCUT2D eigenvalue weighted by molar-refractivity contribution is 5.76. The topological polar surface area (TPSA) is 41.6 Å². The molecule has 110 valence electrons. The molecule has 0 spiro atoms. The van der Waals surface area contributed by atoms with Gasteiger partial charge in [0, 0.05) is 32.1 Å². The van der Waals surface area contributed by atoms with Crippen LogP contribution < -0.4 is 5.32 Å². The van der Waals surface area contributed by atoms with Crippen LogP contribution in [0.1, 0.15) is 51.4 Å². The molecule has 0 bridgehead atoms. The zero-order chi connectivity index (χ0) is 13.3. The Labute approximate surface area is 116 Å². The summed E-state index contributed by atoms with van der Waals surface area (Å²) in [6.07, 6.45) is 10.1. The van der Waals surface area contributed by atoms with Crippen molar-refractivity contribution in [3.05, 3.63) is 0 Å². The number of rotatable bonds is 4. The predicted octanol–water partition coefficient (Wildman–Crippen LogP) is 1.94. The second kappa shape index (κ2) is 8.54. The Morgan fingerprint density at radius 1 is 1.05 bits per heavy atom. The van der Waals surface area contributed by atoms with E-state index >= 15 is 0 Å². The summed E-state index contributed by atoms with van der Waals surface area (Å²) >= 11 is 0. The highest BCUT2D eigenvalue weighted by atomic mass is 16.5. The first-order chi connectivity index (χ1) is 9.36. The Hall–Kier alpha value is -0.610. The van der Waals surface area contributed by atoms with Gasteiger partial charge in [0.2, 0.25) is 5.91 Å². The average molecular weight is 268 g/mol. The van der Waals surface area contributed by atoms with Gasteiger partial charge in [0.1, 0.15) is 0 Å². The van der Waals surface area contributed by atoms with Crippen LogP contribution >= 0.6 is 0 Å². The molecule has 2 fully saturated rings. The van der Waals surface area contributed by atoms with Gasteiger partial charge in [-0.1, -0.05) is 32.1 Å². The van der Waals surface area contributed by atoms with E-state index in [4.69, 9.17) is 4.74 Å². The zero-order valence-corrected chi connectivity index (χ0v) is 12.0. The van der Waals surface area contributed by atoms with Crippen LogP contribution in [0.15, 0.2) is 0 Å². The number of morpholine rings is 1. The third-order valence-corrected chi connectivity index (χ3v) is 4.24. The number of ether oxygens (including phenoxy) is 1. The lowest BCUT2D eigenvalue weighted by molar-refractivity contribution is -0.135. The Bertz CT molecular complexity index is 257. The Morgan fingerprint density at radius 3 is 2.37 bits per heavy atom. The van der Waals surface area contributed by atoms with E-state index in [0.29, 0.717) is 25.7 Å². The van der Waals surface area contributed by atoms with Gasteiger partial charge in [-0.15, -0.1) is 0 Å². The normalized spacial score (nSPS) is 22.8. The molecule has 0 aromatic rings. The van der Waals surface area contributed by atoms with Crippen molar-refractivity contribution in [3.63, 3.8) is 0 Å². The molecule has 19 heavy (non-hydrogen) atoms. The third-order valence-electron chi connectivity index (χ3n) is 4.24. The number of nitrogens with zero attached hydrogens (tertiary/aromatic N) is 1. The maximum absolute atomic E-state index is 12.0. The van der Waals surface area contributed by atoms with Crippen LogP contribution in [-0.2, 0) is 9.53 Å². The lowest BCUT2D eigenvalue weighted by Crippen LogP contribution is -2.42. The predicted molar refractivity (Wildman–Crippen MR) is 76.1 cm³/mol. The highest BCUT2D eigenvalue weighted by Gasteiger charge is 2.17. The number of hydrogen-bond donors (Lipinski definition) is 1. The van der Waals surface area contributed by atoms with Crippen molar-refractivity contribution in [1.82, 2.24) is 10.2 Å². The molecule has 1 aliphatic heterocycles. The minimum absolute atomic E-state index is 0.279. The molecule has 4 nitrogen and oxygen atoms in total. The van der Waals surface area contributed by atoms with E-state index in [1.807, 2.05) is 4.90 Å². The van der Waals surface area contributed by atoms with Gasteiger partial charge in [0.05, 0.1) is 13.2 Å². The summed E-state index contributed by atoms with van der Waals surface area (Å²) in [6.45, 7) is 3.76. The number of hydrogen-bond acceptors (Lipinski definition) is 3. The number of carbonyl (C=O) groups excluding carboxylic acids is 1. The minimum Gasteiger partial charge on any atom is -0.378 e. The number of nitrogens with one attached hydrogen (secondary N) is 1. The smallest absolute Gasteiger partial charge is 0.224 e. The fourth-order valence-corrected chi connectivity index (χ4v) is 3.01. The van der Waals surface area contributed by atoms with Crippen molar-refractivity contribution in [1.29, 1.82) is 0 Å². The van der Waals surface area contributed by atoms with E-state index in [0.717, 1.165) is 19.6 Å². The lowest BCUT2D eigenvalue weighted by atomic mass is 9.97. The summed E-state index contributed by atoms with van der Waals surface area (Å²) in [5.74, 6) is 0.279. The first kappa shape index (κ1) is 14.8. The van der Waals surface area contributed by atoms with Gasteiger partial charge in [0.15, 0.2) is 0 Å². The summed E-state index contributed by atoms with van der Waals surface area (Å²) in [5, 5.41) is 3.58. The van der Waals surface area contributed by atoms with Crippen LogP contribution in [0.3, 0.4) is 0 Å². The van der Waals surface area contributed by atoms with E-state index in [1.165, 1.54) is 44.9 Å². The summed E-state index contributed by atoms with van der Waals surface area (Å²) in [6, 6.07) is 0.637. The molecule has 2 aliphatic rings. The molecule has 1 saturated heterocycles. The molecule has 0 unspecified atom stereocenters. The van der Waals surface area contributed by atoms with E-state index in [2.05, 4.69) is 5.32 Å². The van der Waals surface area contributed by atoms with Gasteiger partial charge in [-0.2, -0.15) is 0 Å². The monoisotopic (exact) mass is 268 g/mol. The van der Waals surface area contributed by atoms with Crippen LogP contribution in [0, 0.1) is 0 Å². The van der Waals surface area contributed by atoms with Gasteiger partial charge in [0.25, 0.3) is 0 Å². The maximum Gasteiger partial charge on any atom is 0.224 e. The van der Waals surface area contributed by atoms with E-state index < -0.39 is 0 Å². The van der Waals surface area contributed by atoms with E-state index in [9.17, 15) is 4.79 Å². The largest absolute Gasteiger partial charge is 0.378 e. The van der Waals surface area contributed by atoms with Crippen molar-refractivity contribution >= 4 is 5.91 Å². The quantitative estimate of drug-likeness (QED) is 0.847. The molecule has 1 N–H and O–H groups in total. The Kier molecular flexibility index (Phi) is 6.65. The number of amides is 1. The van der Waals surface area contributed by atoms with Crippen molar-refractivity contribution in [3.8, 4) is 0 Å². The second-order valence-corrected chi connectivity index (χ2v) is 5.74. The average Bonchev–Trinajstić information content (AvgIpc) is 2.42. The summed E-state index contributed by atoms with van der Waals surface area (Å²) < 4.78 is 5.27. The standard InChI is InChI=1S/C15H28N2O2/c18-15(17-10-12-19-13-11-17)8-9-16-14-6-4-2-1-3-5-7-14/h14,16H,1-13H2. The summed E-state index contributed by atoms with van der Waals surface area (Å²) in [7, 11) is 0. The molecule has 1 saturated carbocycles. The minimum atomic E-state index is 0.279. The molecule has 1 heterocycles. The number of carbonyl (C=O) groups is 1. The fourth-order valence-electron chi connectivity index (χ4n) is 3.01. The van der Waals surface area contributed by atoms with Gasteiger partial charge in [-0.05, 0) is 12.8 Å². The molecule has 0 aromatic carbocycles. The first-order valence-electron chi connectivity index (χ1n) is 7.95. The van der Waals surface area contributed by atoms with Crippen LogP contribution in [-0.4, -0.2) is 49.7 Å². The second-order valence-electron chi connectivity index (χ2n) is 5.74. The lowest BCUT2D eigenvalue weighted by Gasteiger charge is -2.27. The molecule has 0 atom stereocenters. The van der Waals surface area contributed by atoms with Crippen molar-refractivity contribution in [2.24, 2.45) is 0 Å². The van der Waals surface area contributed by atoms with Gasteiger partial charge in [-0.3, -0.25) is 4.79 Å². The highest BCUT2D eigenvalue weighted by Crippen LogP contribution is 2.17. The first-order valence-corrected chi connectivity index (χ1v) is 7.95. The Balaban J connectivity index is 1.60. The summed E-state index contributed by atoms with van der Waals surface area (Å²) in [4.78, 5) is 13.9. The third kappa shape index (κ3) is 5.49. The van der Waals surface area contributed by atoms with Crippen LogP contribution in [0.5, 0.6) is 0 Å². The Morgan fingerprint density at radius 2 is 1.68 bits per heavy atom. The van der Waals surface area contributed by atoms with Gasteiger partial charge in [-0.25, -0.2) is 0 Å². The van der Waals surface area contributed by atoms with Crippen molar-refractivity contribution < 1.29 is 9.53 Å². The van der Waals surface area contributed by atoms with Crippen molar-refractivity contribution in [2.45, 2.75) is 57.4 Å². The molecular weight excluding hydrogens is 240 g/mol. The zero-order valence-electron chi connectivity index (χ0n) is 12.0.